The van der Waals surface area contributed by atoms with E-state index in [9.17, 15) is 9.59 Å². The Bertz CT molecular complexity index is 1840. The molecule has 0 saturated carbocycles. The van der Waals surface area contributed by atoms with Gasteiger partial charge in [0.1, 0.15) is 0 Å². The summed E-state index contributed by atoms with van der Waals surface area (Å²) in [5, 5.41) is 15.6. The summed E-state index contributed by atoms with van der Waals surface area (Å²) in [6, 6.07) is 21.3. The number of aromatic nitrogens is 1. The van der Waals surface area contributed by atoms with Crippen molar-refractivity contribution in [1.29, 1.82) is 0 Å². The van der Waals surface area contributed by atoms with Crippen LogP contribution in [0.4, 0.5) is 0 Å². The van der Waals surface area contributed by atoms with Gasteiger partial charge in [-0.1, -0.05) is 18.2 Å². The van der Waals surface area contributed by atoms with Crippen molar-refractivity contribution in [3.05, 3.63) is 90.1 Å². The maximum atomic E-state index is 9.55. The van der Waals surface area contributed by atoms with Gasteiger partial charge in [0.15, 0.2) is 23.0 Å². The molecule has 0 aliphatic carbocycles. The van der Waals surface area contributed by atoms with Crippen molar-refractivity contribution in [2.45, 2.75) is 32.0 Å². The van der Waals surface area contributed by atoms with Crippen LogP contribution in [0.1, 0.15) is 24.0 Å². The standard InChI is InChI=1S/C37H45N3O6.C4H4O4/c1-39(23-25-9-8-10-27(17-25)28-19-32(41-2)36(45-6)33(20-28)42-3)30-12-15-40(16-13-30)24-26-11-14-38-31(18-26)29-21-34(43-4)37(46-7)35(22-29)44-5;5-3(6)1-2-4(7)8/h8-11,14,17-22,30H,12-13,15-16,23-24H2,1-7H3;1-2H,(H,5,6)(H,7,8)/b;2-1+. The lowest BCUT2D eigenvalue weighted by Gasteiger charge is -2.37. The zero-order valence-electron chi connectivity index (χ0n) is 31.8. The van der Waals surface area contributed by atoms with Crippen LogP contribution in [0.2, 0.25) is 0 Å². The lowest BCUT2D eigenvalue weighted by Crippen LogP contribution is -2.42. The molecule has 1 fully saturated rings. The van der Waals surface area contributed by atoms with Gasteiger partial charge in [0.2, 0.25) is 11.5 Å². The van der Waals surface area contributed by atoms with E-state index in [1.807, 2.05) is 30.5 Å². The number of nitrogens with zero attached hydrogens (tertiary/aromatic N) is 3. The molecule has 3 aromatic carbocycles. The molecule has 0 spiro atoms. The van der Waals surface area contributed by atoms with Crippen molar-refractivity contribution in [3.8, 4) is 56.9 Å². The molecule has 1 aliphatic rings. The van der Waals surface area contributed by atoms with Crippen molar-refractivity contribution >= 4 is 11.9 Å². The maximum absolute atomic E-state index is 9.55. The zero-order valence-corrected chi connectivity index (χ0v) is 31.8. The van der Waals surface area contributed by atoms with Gasteiger partial charge in [-0.05, 0) is 97.7 Å². The molecule has 1 aromatic heterocycles. The molecular weight excluding hydrogens is 694 g/mol. The van der Waals surface area contributed by atoms with Gasteiger partial charge in [-0.2, -0.15) is 0 Å². The first-order chi connectivity index (χ1) is 26.0. The van der Waals surface area contributed by atoms with Crippen molar-refractivity contribution in [3.63, 3.8) is 0 Å². The molecule has 13 nitrogen and oxygen atoms in total. The SMILES string of the molecule is COc1cc(-c2cccc(CN(C)C3CCN(Cc4ccnc(-c5cc(OC)c(OC)c(OC)c5)c4)CC3)c2)cc(OC)c1OC.O=C(O)/C=C/C(=O)O. The van der Waals surface area contributed by atoms with Crippen LogP contribution in [-0.4, -0.2) is 106 Å². The molecule has 1 aliphatic heterocycles. The Morgan fingerprint density at radius 3 is 1.70 bits per heavy atom. The van der Waals surface area contributed by atoms with E-state index in [0.29, 0.717) is 52.7 Å². The molecule has 0 unspecified atom stereocenters. The number of piperidine rings is 1. The number of methoxy groups -OCH3 is 6. The van der Waals surface area contributed by atoms with Gasteiger partial charge in [-0.3, -0.25) is 14.8 Å². The minimum Gasteiger partial charge on any atom is -0.493 e. The Hall–Kier alpha value is -5.79. The number of carboxylic acids is 2. The topological polar surface area (TPSA) is 149 Å². The van der Waals surface area contributed by atoms with Gasteiger partial charge >= 0.3 is 11.9 Å². The van der Waals surface area contributed by atoms with Crippen molar-refractivity contribution in [1.82, 2.24) is 14.8 Å². The van der Waals surface area contributed by atoms with E-state index in [2.05, 4.69) is 58.2 Å². The second kappa shape index (κ2) is 19.9. The highest BCUT2D eigenvalue weighted by molar-refractivity contribution is 5.89. The summed E-state index contributed by atoms with van der Waals surface area (Å²) in [6.45, 7) is 3.85. The highest BCUT2D eigenvalue weighted by atomic mass is 16.5. The van der Waals surface area contributed by atoms with Gasteiger partial charge in [0.05, 0.1) is 48.4 Å². The average Bonchev–Trinajstić information content (AvgIpc) is 3.19. The molecular formula is C41H49N3O10. The summed E-state index contributed by atoms with van der Waals surface area (Å²) >= 11 is 0. The maximum Gasteiger partial charge on any atom is 0.328 e. The number of aliphatic carboxylic acids is 2. The summed E-state index contributed by atoms with van der Waals surface area (Å²) in [6.07, 6.45) is 5.23. The number of hydrogen-bond donors (Lipinski definition) is 2. The third-order valence-corrected chi connectivity index (χ3v) is 9.10. The van der Waals surface area contributed by atoms with E-state index >= 15 is 0 Å². The molecule has 0 amide bonds. The number of benzene rings is 3. The van der Waals surface area contributed by atoms with Gasteiger partial charge in [-0.25, -0.2) is 9.59 Å². The summed E-state index contributed by atoms with van der Waals surface area (Å²) in [4.78, 5) is 28.8. The average molecular weight is 744 g/mol. The molecule has 1 saturated heterocycles. The molecule has 288 valence electrons. The van der Waals surface area contributed by atoms with E-state index in [0.717, 1.165) is 61.4 Å². The van der Waals surface area contributed by atoms with Crippen LogP contribution in [-0.2, 0) is 22.7 Å². The van der Waals surface area contributed by atoms with E-state index in [4.69, 9.17) is 38.6 Å². The number of hydrogen-bond acceptors (Lipinski definition) is 11. The predicted molar refractivity (Wildman–Crippen MR) is 205 cm³/mol. The minimum absolute atomic E-state index is 0.522. The fourth-order valence-electron chi connectivity index (χ4n) is 6.39. The molecule has 13 heteroatoms. The van der Waals surface area contributed by atoms with Gasteiger partial charge in [0, 0.05) is 43.0 Å². The van der Waals surface area contributed by atoms with Gasteiger partial charge in [-0.15, -0.1) is 0 Å². The number of likely N-dealkylation sites (tertiary alicyclic amines) is 1. The van der Waals surface area contributed by atoms with Crippen LogP contribution in [0.25, 0.3) is 22.4 Å². The normalized spacial score (nSPS) is 13.2. The Kier molecular flexibility index (Phi) is 15.1. The number of carboxylic acid groups (broad SMARTS) is 2. The molecule has 2 N–H and O–H groups in total. The van der Waals surface area contributed by atoms with Crippen molar-refractivity contribution in [2.24, 2.45) is 0 Å². The van der Waals surface area contributed by atoms with Crippen LogP contribution in [0.5, 0.6) is 34.5 Å². The predicted octanol–water partition coefficient (Wildman–Crippen LogP) is 6.28. The lowest BCUT2D eigenvalue weighted by atomic mass is 10.00. The highest BCUT2D eigenvalue weighted by Crippen LogP contribution is 2.42. The van der Waals surface area contributed by atoms with Crippen molar-refractivity contribution in [2.75, 3.05) is 62.8 Å². The number of carbonyl (C=O) groups is 2. The van der Waals surface area contributed by atoms with Crippen LogP contribution >= 0.6 is 0 Å². The Morgan fingerprint density at radius 1 is 0.704 bits per heavy atom. The van der Waals surface area contributed by atoms with Gasteiger partial charge in [0.25, 0.3) is 0 Å². The van der Waals surface area contributed by atoms with Crippen LogP contribution in [0.15, 0.2) is 79.0 Å². The van der Waals surface area contributed by atoms with E-state index in [-0.39, 0.29) is 0 Å². The van der Waals surface area contributed by atoms with Crippen LogP contribution < -0.4 is 28.4 Å². The number of rotatable bonds is 15. The van der Waals surface area contributed by atoms with E-state index in [1.165, 1.54) is 11.1 Å². The highest BCUT2D eigenvalue weighted by Gasteiger charge is 2.23. The zero-order chi connectivity index (χ0) is 39.2. The van der Waals surface area contributed by atoms with Crippen molar-refractivity contribution < 1.29 is 48.2 Å². The molecule has 4 aromatic rings. The Morgan fingerprint density at radius 2 is 1.22 bits per heavy atom. The first-order valence-corrected chi connectivity index (χ1v) is 17.2. The summed E-state index contributed by atoms with van der Waals surface area (Å²) in [7, 11) is 12.0. The largest absolute Gasteiger partial charge is 0.493 e. The minimum atomic E-state index is -1.26. The number of pyridine rings is 1. The van der Waals surface area contributed by atoms with Gasteiger partial charge < -0.3 is 38.6 Å². The quantitative estimate of drug-likeness (QED) is 0.132. The molecule has 0 atom stereocenters. The third kappa shape index (κ3) is 10.9. The monoisotopic (exact) mass is 743 g/mol. The summed E-state index contributed by atoms with van der Waals surface area (Å²) in [5.74, 6) is 1.18. The fraction of sp³-hybridized carbons (Fsp3) is 0.341. The first-order valence-electron chi connectivity index (χ1n) is 17.2. The second-order valence-corrected chi connectivity index (χ2v) is 12.5. The fourth-order valence-corrected chi connectivity index (χ4v) is 6.39. The Balaban J connectivity index is 0.000000730. The van der Waals surface area contributed by atoms with Crippen LogP contribution in [0.3, 0.4) is 0 Å². The van der Waals surface area contributed by atoms with Crippen LogP contribution in [0, 0.1) is 0 Å². The molecule has 0 bridgehead atoms. The summed E-state index contributed by atoms with van der Waals surface area (Å²) in [5.41, 5.74) is 6.44. The molecule has 0 radical (unpaired) electrons. The first kappa shape index (κ1) is 41.0. The second-order valence-electron chi connectivity index (χ2n) is 12.5. The molecule has 5 rings (SSSR count). The molecule has 2 heterocycles. The number of ether oxygens (including phenoxy) is 6. The summed E-state index contributed by atoms with van der Waals surface area (Å²) < 4.78 is 33.3. The van der Waals surface area contributed by atoms with E-state index in [1.54, 1.807) is 42.7 Å². The molecule has 54 heavy (non-hydrogen) atoms. The third-order valence-electron chi connectivity index (χ3n) is 9.10. The lowest BCUT2D eigenvalue weighted by molar-refractivity contribution is -0.134. The van der Waals surface area contributed by atoms with E-state index < -0.39 is 11.9 Å². The smallest absolute Gasteiger partial charge is 0.328 e. The Labute approximate surface area is 316 Å².